The van der Waals surface area contributed by atoms with Crippen molar-refractivity contribution >= 4 is 15.9 Å². The number of aryl methyl sites for hydroxylation is 3. The fourth-order valence-corrected chi connectivity index (χ4v) is 5.52. The molecule has 0 atom stereocenters. The minimum absolute atomic E-state index is 0.0164. The van der Waals surface area contributed by atoms with E-state index < -0.39 is 10.0 Å². The summed E-state index contributed by atoms with van der Waals surface area (Å²) in [5.74, 6) is -0.0164. The van der Waals surface area contributed by atoms with E-state index in [2.05, 4.69) is 35.3 Å². The molecule has 1 amide bonds. The van der Waals surface area contributed by atoms with Gasteiger partial charge in [-0.1, -0.05) is 17.7 Å². The number of hydrogen-bond donors (Lipinski definition) is 1. The maximum atomic E-state index is 13.0. The Morgan fingerprint density at radius 1 is 0.844 bits per heavy atom. The summed E-state index contributed by atoms with van der Waals surface area (Å²) in [4.78, 5) is 15.0. The van der Waals surface area contributed by atoms with E-state index >= 15 is 0 Å². The van der Waals surface area contributed by atoms with Gasteiger partial charge >= 0.3 is 0 Å². The highest BCUT2D eigenvalue weighted by atomic mass is 32.2. The molecule has 2 aromatic carbocycles. The average Bonchev–Trinajstić information content (AvgIpc) is 3.12. The van der Waals surface area contributed by atoms with Gasteiger partial charge in [0, 0.05) is 41.8 Å². The summed E-state index contributed by atoms with van der Waals surface area (Å²) in [6.45, 7) is 7.09. The summed E-state index contributed by atoms with van der Waals surface area (Å²) in [5.41, 5.74) is 5.00. The molecule has 32 heavy (non-hydrogen) atoms. The molecule has 0 saturated carbocycles. The van der Waals surface area contributed by atoms with Crippen molar-refractivity contribution in [3.05, 3.63) is 83.2 Å². The molecule has 6 nitrogen and oxygen atoms in total. The molecular weight excluding hydrogens is 422 g/mol. The van der Waals surface area contributed by atoms with Gasteiger partial charge in [0.25, 0.3) is 5.91 Å². The Balaban J connectivity index is 1.37. The van der Waals surface area contributed by atoms with Crippen LogP contribution in [0.3, 0.4) is 0 Å². The van der Waals surface area contributed by atoms with E-state index in [1.807, 2.05) is 31.2 Å². The van der Waals surface area contributed by atoms with Crippen LogP contribution < -0.4 is 4.72 Å². The van der Waals surface area contributed by atoms with Crippen molar-refractivity contribution < 1.29 is 13.2 Å². The number of likely N-dealkylation sites (tertiary alicyclic amines) is 1. The molecule has 0 radical (unpaired) electrons. The Bertz CT molecular complexity index is 1180. The van der Waals surface area contributed by atoms with Crippen molar-refractivity contribution in [2.24, 2.45) is 0 Å². The van der Waals surface area contributed by atoms with E-state index in [1.165, 1.54) is 0 Å². The van der Waals surface area contributed by atoms with Crippen LogP contribution in [0.2, 0.25) is 0 Å². The summed E-state index contributed by atoms with van der Waals surface area (Å²) in [7, 11) is -3.56. The van der Waals surface area contributed by atoms with Crippen LogP contribution in [0.25, 0.3) is 5.69 Å². The van der Waals surface area contributed by atoms with Gasteiger partial charge in [0.1, 0.15) is 0 Å². The van der Waals surface area contributed by atoms with E-state index in [4.69, 9.17) is 0 Å². The molecule has 0 aliphatic carbocycles. The van der Waals surface area contributed by atoms with Gasteiger partial charge in [-0.2, -0.15) is 0 Å². The van der Waals surface area contributed by atoms with Crippen LogP contribution in [0.5, 0.6) is 0 Å². The standard InChI is InChI=1S/C25H29N3O3S/c1-18-4-12-24(13-5-18)32(30,31)26-22-14-16-27(17-15-22)25(29)21-8-10-23(11-9-21)28-19(2)6-7-20(28)3/h4-13,22,26H,14-17H2,1-3H3. The fourth-order valence-electron chi connectivity index (χ4n) is 4.22. The second-order valence-corrected chi connectivity index (χ2v) is 10.2. The zero-order valence-electron chi connectivity index (χ0n) is 18.7. The molecule has 1 fully saturated rings. The van der Waals surface area contributed by atoms with Crippen LogP contribution in [-0.2, 0) is 10.0 Å². The smallest absolute Gasteiger partial charge is 0.253 e. The summed E-state index contributed by atoms with van der Waals surface area (Å²) >= 11 is 0. The van der Waals surface area contributed by atoms with E-state index in [0.717, 1.165) is 22.6 Å². The van der Waals surface area contributed by atoms with Crippen LogP contribution in [0.1, 0.15) is 40.2 Å². The molecule has 168 valence electrons. The first-order valence-electron chi connectivity index (χ1n) is 10.9. The van der Waals surface area contributed by atoms with Crippen molar-refractivity contribution in [3.63, 3.8) is 0 Å². The molecule has 4 rings (SSSR count). The molecule has 1 saturated heterocycles. The van der Waals surface area contributed by atoms with Gasteiger partial charge in [-0.15, -0.1) is 0 Å². The highest BCUT2D eigenvalue weighted by Gasteiger charge is 2.27. The number of carbonyl (C=O) groups excluding carboxylic acids is 1. The molecule has 3 aromatic rings. The van der Waals surface area contributed by atoms with Crippen LogP contribution in [0.4, 0.5) is 0 Å². The number of carbonyl (C=O) groups is 1. The lowest BCUT2D eigenvalue weighted by Crippen LogP contribution is -2.46. The first-order valence-corrected chi connectivity index (χ1v) is 12.4. The van der Waals surface area contributed by atoms with Gasteiger partial charge in [0.15, 0.2) is 0 Å². The average molecular weight is 452 g/mol. The van der Waals surface area contributed by atoms with Gasteiger partial charge in [-0.3, -0.25) is 4.79 Å². The number of benzene rings is 2. The van der Waals surface area contributed by atoms with Crippen molar-refractivity contribution in [1.82, 2.24) is 14.2 Å². The molecule has 0 unspecified atom stereocenters. The second-order valence-electron chi connectivity index (χ2n) is 8.50. The summed E-state index contributed by atoms with van der Waals surface area (Å²) in [6.07, 6.45) is 1.19. The first kappa shape index (κ1) is 22.3. The van der Waals surface area contributed by atoms with Crippen molar-refractivity contribution in [3.8, 4) is 5.69 Å². The van der Waals surface area contributed by atoms with E-state index in [0.29, 0.717) is 31.5 Å². The molecule has 1 N–H and O–H groups in total. The first-order chi connectivity index (χ1) is 15.2. The Kier molecular flexibility index (Phi) is 6.22. The van der Waals surface area contributed by atoms with Crippen LogP contribution >= 0.6 is 0 Å². The zero-order valence-corrected chi connectivity index (χ0v) is 19.5. The van der Waals surface area contributed by atoms with E-state index in [1.54, 1.807) is 29.2 Å². The van der Waals surface area contributed by atoms with Gasteiger partial charge in [-0.25, -0.2) is 13.1 Å². The molecule has 1 aromatic heterocycles. The highest BCUT2D eigenvalue weighted by molar-refractivity contribution is 7.89. The van der Waals surface area contributed by atoms with Crippen LogP contribution in [-0.4, -0.2) is 42.9 Å². The number of sulfonamides is 1. The lowest BCUT2D eigenvalue weighted by molar-refractivity contribution is 0.0711. The van der Waals surface area contributed by atoms with Gasteiger partial charge in [-0.05, 0) is 82.1 Å². The molecule has 0 spiro atoms. The fraction of sp³-hybridized carbons (Fsp3) is 0.320. The molecule has 7 heteroatoms. The third-order valence-electron chi connectivity index (χ3n) is 6.08. The molecule has 0 bridgehead atoms. The second kappa shape index (κ2) is 8.92. The van der Waals surface area contributed by atoms with Gasteiger partial charge in [0.05, 0.1) is 4.90 Å². The maximum Gasteiger partial charge on any atom is 0.253 e. The zero-order chi connectivity index (χ0) is 22.9. The number of piperidine rings is 1. The Hall–Kier alpha value is -2.90. The van der Waals surface area contributed by atoms with Crippen molar-refractivity contribution in [2.45, 2.75) is 44.6 Å². The van der Waals surface area contributed by atoms with Crippen molar-refractivity contribution in [1.29, 1.82) is 0 Å². The van der Waals surface area contributed by atoms with Gasteiger partial charge < -0.3 is 9.47 Å². The third kappa shape index (κ3) is 4.64. The predicted octanol–water partition coefficient (Wildman–Crippen LogP) is 3.99. The quantitative estimate of drug-likeness (QED) is 0.638. The van der Waals surface area contributed by atoms with Crippen LogP contribution in [0.15, 0.2) is 65.6 Å². The van der Waals surface area contributed by atoms with E-state index in [-0.39, 0.29) is 16.8 Å². The minimum Gasteiger partial charge on any atom is -0.339 e. The number of hydrogen-bond acceptors (Lipinski definition) is 3. The van der Waals surface area contributed by atoms with Crippen LogP contribution in [0, 0.1) is 20.8 Å². The molecular formula is C25H29N3O3S. The maximum absolute atomic E-state index is 13.0. The molecule has 1 aliphatic heterocycles. The lowest BCUT2D eigenvalue weighted by atomic mass is 10.0. The largest absolute Gasteiger partial charge is 0.339 e. The summed E-state index contributed by atoms with van der Waals surface area (Å²) in [5, 5.41) is 0. The highest BCUT2D eigenvalue weighted by Crippen LogP contribution is 2.20. The minimum atomic E-state index is -3.56. The number of nitrogens with zero attached hydrogens (tertiary/aromatic N) is 2. The molecule has 2 heterocycles. The Labute approximate surface area is 189 Å². The third-order valence-corrected chi connectivity index (χ3v) is 7.62. The number of aromatic nitrogens is 1. The molecule has 1 aliphatic rings. The normalized spacial score (nSPS) is 15.2. The van der Waals surface area contributed by atoms with E-state index in [9.17, 15) is 13.2 Å². The predicted molar refractivity (Wildman–Crippen MR) is 126 cm³/mol. The van der Waals surface area contributed by atoms with Crippen molar-refractivity contribution in [2.75, 3.05) is 13.1 Å². The van der Waals surface area contributed by atoms with Gasteiger partial charge in [0.2, 0.25) is 10.0 Å². The lowest BCUT2D eigenvalue weighted by Gasteiger charge is -2.32. The Morgan fingerprint density at radius 2 is 1.41 bits per heavy atom. The number of amides is 1. The topological polar surface area (TPSA) is 71.4 Å². The Morgan fingerprint density at radius 3 is 1.97 bits per heavy atom. The SMILES string of the molecule is Cc1ccc(S(=O)(=O)NC2CCN(C(=O)c3ccc(-n4c(C)ccc4C)cc3)CC2)cc1. The number of rotatable bonds is 5. The summed E-state index contributed by atoms with van der Waals surface area (Å²) in [6, 6.07) is 18.5. The number of nitrogens with one attached hydrogen (secondary N) is 1. The monoisotopic (exact) mass is 451 g/mol. The summed E-state index contributed by atoms with van der Waals surface area (Å²) < 4.78 is 30.2.